The number of hydrogen-bond donors (Lipinski definition) is 1. The van der Waals surface area contributed by atoms with E-state index in [-0.39, 0.29) is 0 Å². The highest BCUT2D eigenvalue weighted by atomic mass is 35.5. The van der Waals surface area contributed by atoms with E-state index in [9.17, 15) is 0 Å². The van der Waals surface area contributed by atoms with E-state index >= 15 is 0 Å². The van der Waals surface area contributed by atoms with Crippen LogP contribution in [0.3, 0.4) is 0 Å². The molecule has 4 heteroatoms. The number of methoxy groups -OCH3 is 1. The molecule has 1 N–H and O–H groups in total. The van der Waals surface area contributed by atoms with Crippen LogP contribution in [0, 0.1) is 0 Å². The largest absolute Gasteiger partial charge is 0.383 e. The van der Waals surface area contributed by atoms with Crippen LogP contribution in [-0.4, -0.2) is 31.8 Å². The van der Waals surface area contributed by atoms with Crippen LogP contribution in [-0.2, 0) is 4.74 Å². The number of ether oxygens (including phenoxy) is 1. The lowest BCUT2D eigenvalue weighted by atomic mass is 10.1. The zero-order valence-corrected chi connectivity index (χ0v) is 11.7. The van der Waals surface area contributed by atoms with Crippen molar-refractivity contribution in [2.45, 2.75) is 0 Å². The molecule has 1 aromatic carbocycles. The van der Waals surface area contributed by atoms with Crippen molar-refractivity contribution in [2.75, 3.05) is 26.8 Å². The predicted octanol–water partition coefficient (Wildman–Crippen LogP) is 3.14. The van der Waals surface area contributed by atoms with Gasteiger partial charge in [-0.3, -0.25) is 4.98 Å². The first-order chi connectivity index (χ1) is 9.33. The Hall–Kier alpha value is -1.42. The minimum atomic E-state index is 0.721. The van der Waals surface area contributed by atoms with Crippen molar-refractivity contribution in [1.82, 2.24) is 10.3 Å². The SMILES string of the molecule is COCCNC/C=C/c1ccc(Cl)c2cccnc12. The van der Waals surface area contributed by atoms with Gasteiger partial charge in [0.2, 0.25) is 0 Å². The molecule has 0 saturated heterocycles. The molecule has 1 heterocycles. The van der Waals surface area contributed by atoms with Crippen molar-refractivity contribution >= 4 is 28.6 Å². The fourth-order valence-corrected chi connectivity index (χ4v) is 2.06. The van der Waals surface area contributed by atoms with Crippen molar-refractivity contribution in [2.24, 2.45) is 0 Å². The van der Waals surface area contributed by atoms with Gasteiger partial charge in [-0.15, -0.1) is 0 Å². The third-order valence-electron chi connectivity index (χ3n) is 2.79. The fraction of sp³-hybridized carbons (Fsp3) is 0.267. The van der Waals surface area contributed by atoms with Crippen molar-refractivity contribution in [3.8, 4) is 0 Å². The first-order valence-corrected chi connectivity index (χ1v) is 6.60. The van der Waals surface area contributed by atoms with Gasteiger partial charge < -0.3 is 10.1 Å². The number of hydrogen-bond acceptors (Lipinski definition) is 3. The van der Waals surface area contributed by atoms with Gasteiger partial charge in [0, 0.05) is 37.3 Å². The molecule has 0 spiro atoms. The van der Waals surface area contributed by atoms with E-state index in [4.69, 9.17) is 16.3 Å². The number of nitrogens with zero attached hydrogens (tertiary/aromatic N) is 1. The number of rotatable bonds is 6. The summed E-state index contributed by atoms with van der Waals surface area (Å²) in [5.74, 6) is 0. The molecule has 0 atom stereocenters. The molecule has 0 bridgehead atoms. The third-order valence-corrected chi connectivity index (χ3v) is 3.12. The topological polar surface area (TPSA) is 34.1 Å². The summed E-state index contributed by atoms with van der Waals surface area (Å²) >= 11 is 6.16. The Balaban J connectivity index is 2.08. The van der Waals surface area contributed by atoms with E-state index in [1.54, 1.807) is 13.3 Å². The van der Waals surface area contributed by atoms with Crippen LogP contribution in [0.2, 0.25) is 5.02 Å². The molecule has 0 fully saturated rings. The summed E-state index contributed by atoms with van der Waals surface area (Å²) in [7, 11) is 1.70. The average Bonchev–Trinajstić information content (AvgIpc) is 2.45. The van der Waals surface area contributed by atoms with E-state index in [0.29, 0.717) is 0 Å². The Morgan fingerprint density at radius 1 is 1.37 bits per heavy atom. The Labute approximate surface area is 118 Å². The average molecular weight is 277 g/mol. The lowest BCUT2D eigenvalue weighted by molar-refractivity contribution is 0.200. The summed E-state index contributed by atoms with van der Waals surface area (Å²) in [6, 6.07) is 7.78. The predicted molar refractivity (Wildman–Crippen MR) is 80.5 cm³/mol. The quantitative estimate of drug-likeness (QED) is 0.823. The van der Waals surface area contributed by atoms with Crippen molar-refractivity contribution in [3.05, 3.63) is 47.1 Å². The zero-order valence-electron chi connectivity index (χ0n) is 10.9. The van der Waals surface area contributed by atoms with Gasteiger partial charge in [-0.05, 0) is 18.2 Å². The highest BCUT2D eigenvalue weighted by molar-refractivity contribution is 6.35. The first-order valence-electron chi connectivity index (χ1n) is 6.22. The Kier molecular flexibility index (Phi) is 5.33. The fourth-order valence-electron chi connectivity index (χ4n) is 1.84. The van der Waals surface area contributed by atoms with Crippen LogP contribution in [0.4, 0.5) is 0 Å². The van der Waals surface area contributed by atoms with Crippen molar-refractivity contribution < 1.29 is 4.74 Å². The van der Waals surface area contributed by atoms with Crippen LogP contribution in [0.5, 0.6) is 0 Å². The minimum absolute atomic E-state index is 0.721. The van der Waals surface area contributed by atoms with Gasteiger partial charge in [0.25, 0.3) is 0 Å². The molecule has 0 aliphatic carbocycles. The van der Waals surface area contributed by atoms with Gasteiger partial charge in [-0.2, -0.15) is 0 Å². The lowest BCUT2D eigenvalue weighted by Crippen LogP contribution is -2.18. The summed E-state index contributed by atoms with van der Waals surface area (Å²) in [6.45, 7) is 2.38. The van der Waals surface area contributed by atoms with Crippen molar-refractivity contribution in [1.29, 1.82) is 0 Å². The first kappa shape index (κ1) is 14.0. The summed E-state index contributed by atoms with van der Waals surface area (Å²) in [5.41, 5.74) is 2.01. The molecule has 0 amide bonds. The number of pyridine rings is 1. The molecule has 19 heavy (non-hydrogen) atoms. The minimum Gasteiger partial charge on any atom is -0.383 e. The molecular weight excluding hydrogens is 260 g/mol. The second-order valence-electron chi connectivity index (χ2n) is 4.14. The molecule has 100 valence electrons. The van der Waals surface area contributed by atoms with Crippen LogP contribution in [0.25, 0.3) is 17.0 Å². The third kappa shape index (κ3) is 3.77. The summed E-state index contributed by atoms with van der Waals surface area (Å²) in [6.07, 6.45) is 5.92. The van der Waals surface area contributed by atoms with E-state index < -0.39 is 0 Å². The molecule has 2 rings (SSSR count). The van der Waals surface area contributed by atoms with Gasteiger partial charge in [0.1, 0.15) is 0 Å². The maximum absolute atomic E-state index is 6.16. The Bertz CT molecular complexity index is 569. The normalized spacial score (nSPS) is 11.5. The molecule has 1 aromatic heterocycles. The van der Waals surface area contributed by atoms with Gasteiger partial charge in [0.15, 0.2) is 0 Å². The van der Waals surface area contributed by atoms with Crippen LogP contribution >= 0.6 is 11.6 Å². The second kappa shape index (κ2) is 7.24. The van der Waals surface area contributed by atoms with E-state index in [0.717, 1.165) is 41.2 Å². The van der Waals surface area contributed by atoms with Crippen LogP contribution < -0.4 is 5.32 Å². The highest BCUT2D eigenvalue weighted by Gasteiger charge is 2.02. The Morgan fingerprint density at radius 2 is 2.26 bits per heavy atom. The van der Waals surface area contributed by atoms with Gasteiger partial charge in [0.05, 0.1) is 17.1 Å². The van der Waals surface area contributed by atoms with E-state index in [1.165, 1.54) is 0 Å². The number of halogens is 1. The molecule has 0 aliphatic heterocycles. The summed E-state index contributed by atoms with van der Waals surface area (Å²) in [5, 5.41) is 4.98. The lowest BCUT2D eigenvalue weighted by Gasteiger charge is -2.03. The maximum atomic E-state index is 6.16. The molecule has 0 aliphatic rings. The summed E-state index contributed by atoms with van der Waals surface area (Å²) in [4.78, 5) is 4.39. The van der Waals surface area contributed by atoms with Gasteiger partial charge in [-0.1, -0.05) is 29.8 Å². The second-order valence-corrected chi connectivity index (χ2v) is 4.54. The molecular formula is C15H17ClN2O. The number of aromatic nitrogens is 1. The molecule has 3 nitrogen and oxygen atoms in total. The monoisotopic (exact) mass is 276 g/mol. The molecule has 0 radical (unpaired) electrons. The standard InChI is InChI=1S/C15H17ClN2O/c1-19-11-10-17-8-2-4-12-6-7-14(16)13-5-3-9-18-15(12)13/h2-7,9,17H,8,10-11H2,1H3/b4-2+. The summed E-state index contributed by atoms with van der Waals surface area (Å²) < 4.78 is 4.97. The van der Waals surface area contributed by atoms with E-state index in [2.05, 4.69) is 22.5 Å². The van der Waals surface area contributed by atoms with Crippen LogP contribution in [0.1, 0.15) is 5.56 Å². The zero-order chi connectivity index (χ0) is 13.5. The maximum Gasteiger partial charge on any atom is 0.0789 e. The van der Waals surface area contributed by atoms with E-state index in [1.807, 2.05) is 24.3 Å². The molecule has 0 unspecified atom stereocenters. The van der Waals surface area contributed by atoms with Gasteiger partial charge >= 0.3 is 0 Å². The molecule has 2 aromatic rings. The number of nitrogens with one attached hydrogen (secondary N) is 1. The Morgan fingerprint density at radius 3 is 3.11 bits per heavy atom. The molecule has 0 saturated carbocycles. The number of benzene rings is 1. The number of fused-ring (bicyclic) bond motifs is 1. The smallest absolute Gasteiger partial charge is 0.0789 e. The highest BCUT2D eigenvalue weighted by Crippen LogP contribution is 2.25. The van der Waals surface area contributed by atoms with Crippen molar-refractivity contribution in [3.63, 3.8) is 0 Å². The van der Waals surface area contributed by atoms with Crippen LogP contribution in [0.15, 0.2) is 36.5 Å². The van der Waals surface area contributed by atoms with Gasteiger partial charge in [-0.25, -0.2) is 0 Å².